The Labute approximate surface area is 123 Å². The van der Waals surface area contributed by atoms with Crippen molar-refractivity contribution in [2.24, 2.45) is 0 Å². The molecule has 20 heavy (non-hydrogen) atoms. The van der Waals surface area contributed by atoms with Gasteiger partial charge < -0.3 is 4.74 Å². The average molecular weight is 311 g/mol. The Hall–Kier alpha value is -1.52. The third kappa shape index (κ3) is 3.99. The monoisotopic (exact) mass is 310 g/mol. The summed E-state index contributed by atoms with van der Waals surface area (Å²) in [5, 5.41) is 0. The standard InChI is InChI=1S/C15H15ClO3S/c1-2-4-12-7-9-13(10-8-12)19-14-5-3-6-15(11-14)20(16,17)18/h3,5-11H,2,4H2,1H3. The highest BCUT2D eigenvalue weighted by atomic mass is 35.7. The van der Waals surface area contributed by atoms with Gasteiger partial charge in [0.15, 0.2) is 0 Å². The number of benzene rings is 2. The van der Waals surface area contributed by atoms with Crippen molar-refractivity contribution < 1.29 is 13.2 Å². The normalized spacial score (nSPS) is 11.3. The van der Waals surface area contributed by atoms with Gasteiger partial charge in [-0.3, -0.25) is 0 Å². The highest BCUT2D eigenvalue weighted by molar-refractivity contribution is 8.13. The van der Waals surface area contributed by atoms with Crippen molar-refractivity contribution in [3.8, 4) is 11.5 Å². The smallest absolute Gasteiger partial charge is 0.261 e. The molecule has 2 aromatic carbocycles. The Morgan fingerprint density at radius 2 is 1.75 bits per heavy atom. The van der Waals surface area contributed by atoms with Gasteiger partial charge in [-0.05, 0) is 36.2 Å². The van der Waals surface area contributed by atoms with Crippen molar-refractivity contribution in [1.29, 1.82) is 0 Å². The maximum absolute atomic E-state index is 11.3. The van der Waals surface area contributed by atoms with E-state index < -0.39 is 9.05 Å². The predicted octanol–water partition coefficient (Wildman–Crippen LogP) is 4.36. The summed E-state index contributed by atoms with van der Waals surface area (Å²) in [5.74, 6) is 1.10. The maximum Gasteiger partial charge on any atom is 0.261 e. The fourth-order valence-corrected chi connectivity index (χ4v) is 2.62. The molecule has 5 heteroatoms. The first kappa shape index (κ1) is 14.9. The van der Waals surface area contributed by atoms with Crippen molar-refractivity contribution in [3.05, 3.63) is 54.1 Å². The zero-order valence-electron chi connectivity index (χ0n) is 11.0. The molecule has 2 aromatic rings. The molecule has 0 aliphatic rings. The highest BCUT2D eigenvalue weighted by Gasteiger charge is 2.10. The number of aryl methyl sites for hydroxylation is 1. The van der Waals surface area contributed by atoms with Crippen LogP contribution in [0, 0.1) is 0 Å². The van der Waals surface area contributed by atoms with Gasteiger partial charge in [-0.1, -0.05) is 31.5 Å². The summed E-state index contributed by atoms with van der Waals surface area (Å²) in [5.41, 5.74) is 1.25. The first-order chi connectivity index (χ1) is 9.49. The van der Waals surface area contributed by atoms with Crippen LogP contribution in [0.4, 0.5) is 0 Å². The highest BCUT2D eigenvalue weighted by Crippen LogP contribution is 2.25. The van der Waals surface area contributed by atoms with Crippen LogP contribution < -0.4 is 4.74 Å². The zero-order chi connectivity index (χ0) is 14.6. The summed E-state index contributed by atoms with van der Waals surface area (Å²) < 4.78 is 28.2. The second kappa shape index (κ2) is 6.29. The third-order valence-electron chi connectivity index (χ3n) is 2.78. The Balaban J connectivity index is 2.17. The molecule has 0 saturated carbocycles. The van der Waals surface area contributed by atoms with Crippen molar-refractivity contribution in [3.63, 3.8) is 0 Å². The third-order valence-corrected chi connectivity index (χ3v) is 4.14. The molecular formula is C15H15ClO3S. The fourth-order valence-electron chi connectivity index (χ4n) is 1.84. The molecule has 0 N–H and O–H groups in total. The molecule has 2 rings (SSSR count). The van der Waals surface area contributed by atoms with Crippen molar-refractivity contribution in [2.75, 3.05) is 0 Å². The van der Waals surface area contributed by atoms with Crippen LogP contribution >= 0.6 is 10.7 Å². The molecule has 0 spiro atoms. The lowest BCUT2D eigenvalue weighted by atomic mass is 10.1. The molecule has 0 aromatic heterocycles. The van der Waals surface area contributed by atoms with Gasteiger partial charge in [0.25, 0.3) is 9.05 Å². The van der Waals surface area contributed by atoms with E-state index in [-0.39, 0.29) is 4.90 Å². The number of hydrogen-bond acceptors (Lipinski definition) is 3. The van der Waals surface area contributed by atoms with Gasteiger partial charge in [0, 0.05) is 16.7 Å². The molecule has 0 amide bonds. The molecule has 0 bridgehead atoms. The molecule has 0 heterocycles. The average Bonchev–Trinajstić information content (AvgIpc) is 2.41. The Bertz CT molecular complexity index is 679. The summed E-state index contributed by atoms with van der Waals surface area (Å²) in [4.78, 5) is 0.0271. The van der Waals surface area contributed by atoms with Crippen LogP contribution in [0.5, 0.6) is 11.5 Å². The first-order valence-electron chi connectivity index (χ1n) is 6.30. The Morgan fingerprint density at radius 1 is 1.05 bits per heavy atom. The largest absolute Gasteiger partial charge is 0.457 e. The fraction of sp³-hybridized carbons (Fsp3) is 0.200. The number of rotatable bonds is 5. The molecule has 0 saturated heterocycles. The SMILES string of the molecule is CCCc1ccc(Oc2cccc(S(=O)(=O)Cl)c2)cc1. The Kier molecular flexibility index (Phi) is 4.68. The van der Waals surface area contributed by atoms with Crippen molar-refractivity contribution >= 4 is 19.7 Å². The van der Waals surface area contributed by atoms with Crippen LogP contribution in [0.3, 0.4) is 0 Å². The number of hydrogen-bond donors (Lipinski definition) is 0. The summed E-state index contributed by atoms with van der Waals surface area (Å²) in [6.07, 6.45) is 2.12. The molecule has 3 nitrogen and oxygen atoms in total. The van der Waals surface area contributed by atoms with E-state index >= 15 is 0 Å². The summed E-state index contributed by atoms with van der Waals surface area (Å²) in [7, 11) is 1.57. The minimum atomic E-state index is -3.74. The Morgan fingerprint density at radius 3 is 2.35 bits per heavy atom. The first-order valence-corrected chi connectivity index (χ1v) is 8.61. The van der Waals surface area contributed by atoms with Crippen LogP contribution in [0.1, 0.15) is 18.9 Å². The van der Waals surface area contributed by atoms with Crippen LogP contribution in [-0.4, -0.2) is 8.42 Å². The van der Waals surface area contributed by atoms with E-state index in [9.17, 15) is 8.42 Å². The summed E-state index contributed by atoms with van der Waals surface area (Å²) in [6, 6.07) is 13.9. The number of ether oxygens (including phenoxy) is 1. The molecule has 106 valence electrons. The van der Waals surface area contributed by atoms with E-state index in [0.717, 1.165) is 12.8 Å². The quantitative estimate of drug-likeness (QED) is 0.771. The van der Waals surface area contributed by atoms with E-state index in [1.54, 1.807) is 12.1 Å². The van der Waals surface area contributed by atoms with E-state index in [0.29, 0.717) is 11.5 Å². The van der Waals surface area contributed by atoms with Crippen molar-refractivity contribution in [2.45, 2.75) is 24.7 Å². The maximum atomic E-state index is 11.3. The minimum Gasteiger partial charge on any atom is -0.457 e. The van der Waals surface area contributed by atoms with E-state index in [1.165, 1.54) is 17.7 Å². The van der Waals surface area contributed by atoms with E-state index in [4.69, 9.17) is 15.4 Å². The molecule has 0 atom stereocenters. The van der Waals surface area contributed by atoms with Gasteiger partial charge in [0.2, 0.25) is 0 Å². The lowest BCUT2D eigenvalue weighted by molar-refractivity contribution is 0.480. The minimum absolute atomic E-state index is 0.0271. The number of halogens is 1. The molecule has 0 fully saturated rings. The predicted molar refractivity (Wildman–Crippen MR) is 80.0 cm³/mol. The topological polar surface area (TPSA) is 43.4 Å². The van der Waals surface area contributed by atoms with E-state index in [1.807, 2.05) is 24.3 Å². The lowest BCUT2D eigenvalue weighted by Gasteiger charge is -2.07. The van der Waals surface area contributed by atoms with Gasteiger partial charge in [-0.15, -0.1) is 0 Å². The molecule has 0 aliphatic carbocycles. The summed E-state index contributed by atoms with van der Waals surface area (Å²) in [6.45, 7) is 2.13. The van der Waals surface area contributed by atoms with Crippen LogP contribution in [0.15, 0.2) is 53.4 Å². The second-order valence-electron chi connectivity index (χ2n) is 4.41. The van der Waals surface area contributed by atoms with Crippen LogP contribution in [0.2, 0.25) is 0 Å². The van der Waals surface area contributed by atoms with Gasteiger partial charge in [0.1, 0.15) is 11.5 Å². The lowest BCUT2D eigenvalue weighted by Crippen LogP contribution is -1.92. The molecule has 0 aliphatic heterocycles. The second-order valence-corrected chi connectivity index (χ2v) is 6.97. The van der Waals surface area contributed by atoms with Gasteiger partial charge in [-0.25, -0.2) is 8.42 Å². The van der Waals surface area contributed by atoms with Gasteiger partial charge in [0.05, 0.1) is 4.90 Å². The van der Waals surface area contributed by atoms with E-state index in [2.05, 4.69) is 6.92 Å². The van der Waals surface area contributed by atoms with Gasteiger partial charge in [-0.2, -0.15) is 0 Å². The molecule has 0 unspecified atom stereocenters. The summed E-state index contributed by atoms with van der Waals surface area (Å²) >= 11 is 0. The van der Waals surface area contributed by atoms with Gasteiger partial charge >= 0.3 is 0 Å². The molecular weight excluding hydrogens is 296 g/mol. The van der Waals surface area contributed by atoms with Crippen LogP contribution in [0.25, 0.3) is 0 Å². The zero-order valence-corrected chi connectivity index (χ0v) is 12.6. The van der Waals surface area contributed by atoms with Crippen LogP contribution in [-0.2, 0) is 15.5 Å². The molecule has 0 radical (unpaired) electrons. The van der Waals surface area contributed by atoms with Crippen molar-refractivity contribution in [1.82, 2.24) is 0 Å².